The summed E-state index contributed by atoms with van der Waals surface area (Å²) in [5, 5.41) is 0. The zero-order valence-electron chi connectivity index (χ0n) is 19.7. The molecule has 0 aliphatic carbocycles. The topological polar surface area (TPSA) is 74.3 Å². The number of benzene rings is 1. The fraction of sp³-hybridized carbons (Fsp3) is 0.636. The lowest BCUT2D eigenvalue weighted by Crippen LogP contribution is -2.50. The van der Waals surface area contributed by atoms with E-state index in [0.29, 0.717) is 13.2 Å². The molecule has 1 aromatic rings. The smallest absolute Gasteiger partial charge is 0.490 e. The molecule has 13 heteroatoms. The van der Waals surface area contributed by atoms with Crippen LogP contribution in [0.15, 0.2) is 24.3 Å². The Kier molecular flexibility index (Phi) is 11.8. The van der Waals surface area contributed by atoms with Crippen LogP contribution >= 0.6 is 0 Å². The van der Waals surface area contributed by atoms with Crippen LogP contribution in [0.2, 0.25) is 0 Å². The Morgan fingerprint density at radius 3 is 2.00 bits per heavy atom. The van der Waals surface area contributed by atoms with Crippen molar-refractivity contribution in [1.29, 1.82) is 0 Å². The van der Waals surface area contributed by atoms with Gasteiger partial charge < -0.3 is 23.8 Å². The molecule has 7 nitrogen and oxygen atoms in total. The molecule has 1 atom stereocenters. The summed E-state index contributed by atoms with van der Waals surface area (Å²) in [6.45, 7) is 5.62. The van der Waals surface area contributed by atoms with Crippen molar-refractivity contribution >= 4 is 11.9 Å². The summed E-state index contributed by atoms with van der Waals surface area (Å²) in [4.78, 5) is 23.2. The molecule has 0 saturated heterocycles. The van der Waals surface area contributed by atoms with Crippen LogP contribution < -0.4 is 4.74 Å². The predicted molar refractivity (Wildman–Crippen MR) is 112 cm³/mol. The number of alkyl halides is 6. The maximum Gasteiger partial charge on any atom is 0.490 e. The van der Waals surface area contributed by atoms with E-state index in [1.165, 1.54) is 26.0 Å². The first-order valence-electron chi connectivity index (χ1n) is 10.7. The fourth-order valence-corrected chi connectivity index (χ4v) is 2.66. The van der Waals surface area contributed by atoms with E-state index < -0.39 is 49.5 Å². The van der Waals surface area contributed by atoms with E-state index in [1.807, 2.05) is 13.8 Å². The number of halogens is 6. The van der Waals surface area contributed by atoms with Gasteiger partial charge in [-0.1, -0.05) is 12.1 Å². The van der Waals surface area contributed by atoms with Crippen molar-refractivity contribution in [3.05, 3.63) is 29.8 Å². The van der Waals surface area contributed by atoms with E-state index >= 15 is 0 Å². The van der Waals surface area contributed by atoms with Gasteiger partial charge in [-0.25, -0.2) is 4.79 Å². The Morgan fingerprint density at radius 2 is 1.51 bits per heavy atom. The number of hydrogen-bond acceptors (Lipinski definition) is 6. The van der Waals surface area contributed by atoms with Crippen molar-refractivity contribution in [1.82, 2.24) is 4.90 Å². The molecule has 1 unspecified atom stereocenters. The average Bonchev–Trinajstić information content (AvgIpc) is 2.73. The predicted octanol–water partition coefficient (Wildman–Crippen LogP) is 4.28. The summed E-state index contributed by atoms with van der Waals surface area (Å²) in [6, 6.07) is 5.12. The summed E-state index contributed by atoms with van der Waals surface area (Å²) >= 11 is 0. The molecule has 0 radical (unpaired) electrons. The van der Waals surface area contributed by atoms with Gasteiger partial charge in [-0.2, -0.15) is 26.3 Å². The summed E-state index contributed by atoms with van der Waals surface area (Å²) in [5.41, 5.74) is 0.753. The standard InChI is InChI=1S/C22H29F6NO6/c1-14(2)29(19(30)21(23,24)25)11-18(35-20(31)22(26,27)28)13-34-17-7-5-16(6-8-17)12-32-9-10-33-15(3)4/h5-8,14-15,18H,9-13H2,1-4H3. The van der Waals surface area contributed by atoms with Gasteiger partial charge in [-0.05, 0) is 45.4 Å². The lowest BCUT2D eigenvalue weighted by atomic mass is 10.2. The number of hydrogen-bond donors (Lipinski definition) is 0. The van der Waals surface area contributed by atoms with Crippen LogP contribution in [-0.2, 0) is 30.4 Å². The van der Waals surface area contributed by atoms with Crippen molar-refractivity contribution in [3.63, 3.8) is 0 Å². The van der Waals surface area contributed by atoms with Crippen LogP contribution in [0, 0.1) is 0 Å². The molecular formula is C22H29F6NO6. The average molecular weight is 517 g/mol. The molecule has 0 aromatic heterocycles. The Labute approximate surface area is 199 Å². The van der Waals surface area contributed by atoms with E-state index in [2.05, 4.69) is 4.74 Å². The minimum absolute atomic E-state index is 0.0773. The van der Waals surface area contributed by atoms with Crippen molar-refractivity contribution < 1.29 is 54.9 Å². The molecule has 0 aliphatic rings. The quantitative estimate of drug-likeness (QED) is 0.221. The highest BCUT2D eigenvalue weighted by molar-refractivity contribution is 5.82. The van der Waals surface area contributed by atoms with Gasteiger partial charge in [0, 0.05) is 6.04 Å². The van der Waals surface area contributed by atoms with Crippen LogP contribution in [0.4, 0.5) is 26.3 Å². The Hall–Kier alpha value is -2.54. The number of esters is 1. The van der Waals surface area contributed by atoms with E-state index in [0.717, 1.165) is 5.56 Å². The zero-order valence-corrected chi connectivity index (χ0v) is 19.7. The van der Waals surface area contributed by atoms with Crippen molar-refractivity contribution in [3.8, 4) is 5.75 Å². The van der Waals surface area contributed by atoms with Gasteiger partial charge in [-0.15, -0.1) is 0 Å². The number of nitrogens with zero attached hydrogens (tertiary/aromatic N) is 1. The molecule has 0 bridgehead atoms. The first kappa shape index (κ1) is 30.5. The van der Waals surface area contributed by atoms with Crippen LogP contribution in [0.1, 0.15) is 33.3 Å². The Morgan fingerprint density at radius 1 is 0.914 bits per heavy atom. The van der Waals surface area contributed by atoms with Gasteiger partial charge in [-0.3, -0.25) is 4.79 Å². The van der Waals surface area contributed by atoms with Crippen molar-refractivity contribution in [2.45, 2.75) is 64.9 Å². The molecule has 35 heavy (non-hydrogen) atoms. The molecular weight excluding hydrogens is 488 g/mol. The Balaban J connectivity index is 2.81. The number of carbonyl (C=O) groups is 2. The molecule has 1 amide bonds. The van der Waals surface area contributed by atoms with Crippen molar-refractivity contribution in [2.75, 3.05) is 26.4 Å². The number of ether oxygens (including phenoxy) is 4. The van der Waals surface area contributed by atoms with Gasteiger partial charge in [0.15, 0.2) is 6.10 Å². The third-order valence-corrected chi connectivity index (χ3v) is 4.34. The monoisotopic (exact) mass is 517 g/mol. The fourth-order valence-electron chi connectivity index (χ4n) is 2.66. The first-order chi connectivity index (χ1) is 16.1. The first-order valence-corrected chi connectivity index (χ1v) is 10.7. The van der Waals surface area contributed by atoms with Crippen LogP contribution in [0.5, 0.6) is 5.75 Å². The third-order valence-electron chi connectivity index (χ3n) is 4.34. The van der Waals surface area contributed by atoms with Gasteiger partial charge in [0.05, 0.1) is 32.5 Å². The minimum Gasteiger partial charge on any atom is -0.490 e. The lowest BCUT2D eigenvalue weighted by molar-refractivity contribution is -0.209. The van der Waals surface area contributed by atoms with Gasteiger partial charge in [0.1, 0.15) is 12.4 Å². The molecule has 1 aromatic carbocycles. The normalized spacial score (nSPS) is 13.1. The second kappa shape index (κ2) is 13.5. The zero-order chi connectivity index (χ0) is 26.8. The van der Waals surface area contributed by atoms with E-state index in [9.17, 15) is 35.9 Å². The summed E-state index contributed by atoms with van der Waals surface area (Å²) in [7, 11) is 0. The number of amides is 1. The minimum atomic E-state index is -5.38. The summed E-state index contributed by atoms with van der Waals surface area (Å²) in [6.07, 6.45) is -12.4. The van der Waals surface area contributed by atoms with Gasteiger partial charge in [0.2, 0.25) is 0 Å². The highest BCUT2D eigenvalue weighted by Crippen LogP contribution is 2.23. The van der Waals surface area contributed by atoms with Crippen molar-refractivity contribution in [2.24, 2.45) is 0 Å². The largest absolute Gasteiger partial charge is 0.490 e. The molecule has 0 spiro atoms. The van der Waals surface area contributed by atoms with E-state index in [4.69, 9.17) is 14.2 Å². The van der Waals surface area contributed by atoms with Gasteiger partial charge >= 0.3 is 24.2 Å². The molecule has 0 saturated carbocycles. The molecule has 0 aliphatic heterocycles. The van der Waals surface area contributed by atoms with Gasteiger partial charge in [0.25, 0.3) is 0 Å². The van der Waals surface area contributed by atoms with Crippen LogP contribution in [-0.4, -0.2) is 73.7 Å². The Bertz CT molecular complexity index is 795. The highest BCUT2D eigenvalue weighted by Gasteiger charge is 2.46. The number of carbonyl (C=O) groups excluding carboxylic acids is 2. The molecule has 0 heterocycles. The molecule has 0 N–H and O–H groups in total. The maximum atomic E-state index is 12.9. The second-order valence-electron chi connectivity index (χ2n) is 8.00. The van der Waals surface area contributed by atoms with E-state index in [1.54, 1.807) is 12.1 Å². The lowest BCUT2D eigenvalue weighted by Gasteiger charge is -2.31. The highest BCUT2D eigenvalue weighted by atomic mass is 19.4. The summed E-state index contributed by atoms with van der Waals surface area (Å²) < 4.78 is 97.1. The van der Waals surface area contributed by atoms with E-state index in [-0.39, 0.29) is 23.4 Å². The SMILES string of the molecule is CC(C)OCCOCc1ccc(OCC(CN(C(=O)C(F)(F)F)C(C)C)OC(=O)C(F)(F)F)cc1. The molecule has 0 fully saturated rings. The summed E-state index contributed by atoms with van der Waals surface area (Å²) in [5.74, 6) is -4.73. The number of rotatable bonds is 13. The maximum absolute atomic E-state index is 12.9. The van der Waals surface area contributed by atoms with Crippen LogP contribution in [0.25, 0.3) is 0 Å². The molecule has 1 rings (SSSR count). The third kappa shape index (κ3) is 11.6. The molecule has 200 valence electrons. The second-order valence-corrected chi connectivity index (χ2v) is 8.00. The van der Waals surface area contributed by atoms with Crippen LogP contribution in [0.3, 0.4) is 0 Å².